The number of piperidine rings is 1. The fraction of sp³-hybridized carbons (Fsp3) is 0.444. The summed E-state index contributed by atoms with van der Waals surface area (Å²) in [6, 6.07) is 6.05. The number of nitrogens with one attached hydrogen (secondary N) is 1. The van der Waals surface area contributed by atoms with Gasteiger partial charge in [0, 0.05) is 30.7 Å². The van der Waals surface area contributed by atoms with Gasteiger partial charge in [0.15, 0.2) is 17.3 Å². The van der Waals surface area contributed by atoms with E-state index in [1.807, 2.05) is 6.92 Å². The van der Waals surface area contributed by atoms with Gasteiger partial charge in [-0.1, -0.05) is 12.1 Å². The van der Waals surface area contributed by atoms with Crippen molar-refractivity contribution in [2.45, 2.75) is 38.0 Å². The predicted octanol–water partition coefficient (Wildman–Crippen LogP) is 4.41. The minimum atomic E-state index is -4.51. The van der Waals surface area contributed by atoms with E-state index in [1.165, 1.54) is 12.1 Å². The molecule has 146 valence electrons. The van der Waals surface area contributed by atoms with Crippen molar-refractivity contribution >= 4 is 5.82 Å². The Hall–Kier alpha value is -2.29. The van der Waals surface area contributed by atoms with E-state index in [2.05, 4.69) is 20.4 Å². The van der Waals surface area contributed by atoms with Gasteiger partial charge in [-0.05, 0) is 38.0 Å². The van der Waals surface area contributed by atoms with E-state index >= 15 is 0 Å². The highest BCUT2D eigenvalue weighted by atomic mass is 19.4. The highest BCUT2D eigenvalue weighted by Crippen LogP contribution is 2.29. The van der Waals surface area contributed by atoms with Crippen molar-refractivity contribution in [3.8, 4) is 0 Å². The second-order valence-corrected chi connectivity index (χ2v) is 6.58. The average molecular weight is 386 g/mol. The van der Waals surface area contributed by atoms with Crippen LogP contribution in [0.1, 0.15) is 37.1 Å². The molecule has 0 bridgehead atoms. The van der Waals surface area contributed by atoms with Gasteiger partial charge in [0.05, 0.1) is 0 Å². The zero-order valence-corrected chi connectivity index (χ0v) is 14.6. The van der Waals surface area contributed by atoms with Crippen LogP contribution in [-0.2, 0) is 6.18 Å². The summed E-state index contributed by atoms with van der Waals surface area (Å²) in [5.74, 6) is -1.41. The van der Waals surface area contributed by atoms with E-state index in [0.717, 1.165) is 12.1 Å². The second kappa shape index (κ2) is 7.75. The van der Waals surface area contributed by atoms with Gasteiger partial charge in [-0.2, -0.15) is 13.2 Å². The molecule has 0 radical (unpaired) electrons. The van der Waals surface area contributed by atoms with Crippen molar-refractivity contribution in [1.82, 2.24) is 15.1 Å². The summed E-state index contributed by atoms with van der Waals surface area (Å²) >= 11 is 0. The van der Waals surface area contributed by atoms with Crippen molar-refractivity contribution in [1.29, 1.82) is 0 Å². The van der Waals surface area contributed by atoms with Crippen LogP contribution in [-0.4, -0.2) is 34.2 Å². The molecular weight excluding hydrogens is 367 g/mol. The summed E-state index contributed by atoms with van der Waals surface area (Å²) in [4.78, 5) is 2.05. The first-order valence-corrected chi connectivity index (χ1v) is 8.61. The van der Waals surface area contributed by atoms with E-state index in [9.17, 15) is 22.0 Å². The lowest BCUT2D eigenvalue weighted by atomic mass is 9.99. The van der Waals surface area contributed by atoms with Crippen LogP contribution in [0.4, 0.5) is 27.8 Å². The molecule has 1 fully saturated rings. The molecule has 1 aromatic heterocycles. The number of benzene rings is 1. The lowest BCUT2D eigenvalue weighted by molar-refractivity contribution is -0.141. The van der Waals surface area contributed by atoms with Gasteiger partial charge in [-0.3, -0.25) is 4.90 Å². The summed E-state index contributed by atoms with van der Waals surface area (Å²) in [5, 5.41) is 9.84. The van der Waals surface area contributed by atoms with E-state index < -0.39 is 23.5 Å². The monoisotopic (exact) mass is 386 g/mol. The molecular formula is C18H19F5N4. The average Bonchev–Trinajstić information content (AvgIpc) is 2.64. The van der Waals surface area contributed by atoms with Gasteiger partial charge in [0.2, 0.25) is 0 Å². The van der Waals surface area contributed by atoms with Crippen LogP contribution in [0.25, 0.3) is 0 Å². The third-order valence-electron chi connectivity index (χ3n) is 4.82. The number of hydrogen-bond acceptors (Lipinski definition) is 4. The Morgan fingerprint density at radius 3 is 2.37 bits per heavy atom. The highest BCUT2D eigenvalue weighted by Gasteiger charge is 2.33. The zero-order valence-electron chi connectivity index (χ0n) is 14.6. The van der Waals surface area contributed by atoms with Crippen molar-refractivity contribution in [2.24, 2.45) is 0 Å². The van der Waals surface area contributed by atoms with Crippen LogP contribution in [0.5, 0.6) is 0 Å². The number of aromatic nitrogens is 2. The number of hydrogen-bond donors (Lipinski definition) is 1. The third-order valence-corrected chi connectivity index (χ3v) is 4.82. The molecule has 1 saturated heterocycles. The Morgan fingerprint density at radius 2 is 1.78 bits per heavy atom. The molecule has 0 aliphatic carbocycles. The van der Waals surface area contributed by atoms with Crippen LogP contribution >= 0.6 is 0 Å². The lowest BCUT2D eigenvalue weighted by Gasteiger charge is -2.36. The van der Waals surface area contributed by atoms with Crippen molar-refractivity contribution in [2.75, 3.05) is 18.4 Å². The van der Waals surface area contributed by atoms with E-state index in [-0.39, 0.29) is 17.9 Å². The summed E-state index contributed by atoms with van der Waals surface area (Å²) < 4.78 is 64.9. The molecule has 9 heteroatoms. The van der Waals surface area contributed by atoms with Gasteiger partial charge < -0.3 is 5.32 Å². The molecule has 1 atom stereocenters. The number of rotatable bonds is 4. The molecule has 1 aliphatic rings. The molecule has 0 saturated carbocycles. The number of halogens is 5. The molecule has 2 aromatic rings. The molecule has 2 heterocycles. The van der Waals surface area contributed by atoms with E-state index in [1.54, 1.807) is 6.07 Å². The van der Waals surface area contributed by atoms with E-state index in [4.69, 9.17) is 0 Å². The van der Waals surface area contributed by atoms with Gasteiger partial charge in [-0.15, -0.1) is 10.2 Å². The first kappa shape index (κ1) is 19.5. The number of likely N-dealkylation sites (tertiary alicyclic amines) is 1. The fourth-order valence-corrected chi connectivity index (χ4v) is 3.24. The maximum Gasteiger partial charge on any atom is 0.435 e. The molecule has 1 aromatic carbocycles. The topological polar surface area (TPSA) is 41.0 Å². The minimum absolute atomic E-state index is 0.0249. The van der Waals surface area contributed by atoms with Crippen LogP contribution in [0.15, 0.2) is 30.3 Å². The van der Waals surface area contributed by atoms with Gasteiger partial charge >= 0.3 is 6.18 Å². The summed E-state index contributed by atoms with van der Waals surface area (Å²) in [7, 11) is 0. The van der Waals surface area contributed by atoms with Crippen molar-refractivity contribution < 1.29 is 22.0 Å². The zero-order chi connectivity index (χ0) is 19.6. The van der Waals surface area contributed by atoms with Crippen LogP contribution in [0.2, 0.25) is 0 Å². The number of nitrogens with zero attached hydrogens (tertiary/aromatic N) is 3. The summed E-state index contributed by atoms with van der Waals surface area (Å²) in [6.07, 6.45) is -3.12. The minimum Gasteiger partial charge on any atom is -0.366 e. The molecule has 0 spiro atoms. The molecule has 3 rings (SSSR count). The summed E-state index contributed by atoms with van der Waals surface area (Å²) in [5.41, 5.74) is -0.719. The molecule has 1 unspecified atom stereocenters. The maximum absolute atomic E-state index is 14.0. The van der Waals surface area contributed by atoms with Gasteiger partial charge in [0.1, 0.15) is 5.82 Å². The standard InChI is InChI=1S/C18H19F5N4/c1-11(13-3-2-4-14(19)17(13)20)27-9-7-12(8-10-27)24-16-6-5-15(25-26-16)18(21,22)23/h2-6,11-12H,7-10H2,1H3,(H,24,26). The Labute approximate surface area is 153 Å². The van der Waals surface area contributed by atoms with Gasteiger partial charge in [0.25, 0.3) is 0 Å². The number of anilines is 1. The van der Waals surface area contributed by atoms with Crippen LogP contribution < -0.4 is 5.32 Å². The molecule has 0 amide bonds. The Kier molecular flexibility index (Phi) is 5.59. The summed E-state index contributed by atoms with van der Waals surface area (Å²) in [6.45, 7) is 3.11. The van der Waals surface area contributed by atoms with Crippen molar-refractivity contribution in [3.05, 3.63) is 53.2 Å². The largest absolute Gasteiger partial charge is 0.435 e. The molecule has 1 aliphatic heterocycles. The maximum atomic E-state index is 14.0. The molecule has 4 nitrogen and oxygen atoms in total. The van der Waals surface area contributed by atoms with Crippen LogP contribution in [0.3, 0.4) is 0 Å². The van der Waals surface area contributed by atoms with Crippen LogP contribution in [0, 0.1) is 11.6 Å². The Morgan fingerprint density at radius 1 is 1.07 bits per heavy atom. The first-order valence-electron chi connectivity index (χ1n) is 8.61. The first-order chi connectivity index (χ1) is 12.8. The fourth-order valence-electron chi connectivity index (χ4n) is 3.24. The Bertz CT molecular complexity index is 770. The SMILES string of the molecule is CC(c1cccc(F)c1F)N1CCC(Nc2ccc(C(F)(F)F)nn2)CC1. The lowest BCUT2D eigenvalue weighted by Crippen LogP contribution is -2.40. The number of alkyl halides is 3. The second-order valence-electron chi connectivity index (χ2n) is 6.58. The molecule has 27 heavy (non-hydrogen) atoms. The van der Waals surface area contributed by atoms with Crippen molar-refractivity contribution in [3.63, 3.8) is 0 Å². The Balaban J connectivity index is 1.56. The normalized spacial score (nSPS) is 17.7. The van der Waals surface area contributed by atoms with Gasteiger partial charge in [-0.25, -0.2) is 8.78 Å². The highest BCUT2D eigenvalue weighted by molar-refractivity contribution is 5.35. The van der Waals surface area contributed by atoms with E-state index in [0.29, 0.717) is 31.5 Å². The smallest absolute Gasteiger partial charge is 0.366 e. The third kappa shape index (κ3) is 4.52. The quantitative estimate of drug-likeness (QED) is 0.791. The molecule has 1 N–H and O–H groups in total. The predicted molar refractivity (Wildman–Crippen MR) is 90.0 cm³/mol.